The van der Waals surface area contributed by atoms with Crippen LogP contribution in [0.5, 0.6) is 0 Å². The third kappa shape index (κ3) is 3.53. The number of likely N-dealkylation sites (N-methyl/N-ethyl adjacent to an activating group) is 1. The van der Waals surface area contributed by atoms with Crippen molar-refractivity contribution in [3.63, 3.8) is 0 Å². The fraction of sp³-hybridized carbons (Fsp3) is 1.00. The van der Waals surface area contributed by atoms with Crippen LogP contribution in [-0.2, 0) is 9.47 Å². The first-order chi connectivity index (χ1) is 6.77. The van der Waals surface area contributed by atoms with Gasteiger partial charge in [-0.3, -0.25) is 4.90 Å². The summed E-state index contributed by atoms with van der Waals surface area (Å²) < 4.78 is 10.5. The first-order valence-electron chi connectivity index (χ1n) is 5.26. The van der Waals surface area contributed by atoms with Crippen LogP contribution in [0, 0.1) is 0 Å². The van der Waals surface area contributed by atoms with Crippen molar-refractivity contribution in [1.82, 2.24) is 10.2 Å². The zero-order valence-electron chi connectivity index (χ0n) is 9.45. The van der Waals surface area contributed by atoms with Gasteiger partial charge in [0.2, 0.25) is 0 Å². The number of ether oxygens (including phenoxy) is 2. The molecule has 0 aromatic rings. The molecule has 0 saturated carbocycles. The van der Waals surface area contributed by atoms with Crippen molar-refractivity contribution in [3.05, 3.63) is 0 Å². The molecule has 0 spiro atoms. The van der Waals surface area contributed by atoms with Gasteiger partial charge in [-0.05, 0) is 14.0 Å². The van der Waals surface area contributed by atoms with E-state index in [1.807, 2.05) is 7.05 Å². The van der Waals surface area contributed by atoms with E-state index < -0.39 is 0 Å². The fourth-order valence-electron chi connectivity index (χ4n) is 1.74. The molecule has 1 rings (SSSR count). The Hall–Kier alpha value is -0.160. The van der Waals surface area contributed by atoms with Gasteiger partial charge in [0.1, 0.15) is 0 Å². The Kier molecular flexibility index (Phi) is 5.40. The standard InChI is InChI=1S/C10H22N2O2/c1-9-7-14-5-4-12(9)6-10(11-2)8-13-3/h9-11H,4-8H2,1-3H3. The quantitative estimate of drug-likeness (QED) is 0.677. The summed E-state index contributed by atoms with van der Waals surface area (Å²) in [6.45, 7) is 6.74. The minimum atomic E-state index is 0.417. The molecule has 4 heteroatoms. The highest BCUT2D eigenvalue weighted by molar-refractivity contribution is 4.76. The Labute approximate surface area is 86.6 Å². The zero-order chi connectivity index (χ0) is 10.4. The van der Waals surface area contributed by atoms with E-state index in [2.05, 4.69) is 17.1 Å². The molecule has 1 saturated heterocycles. The van der Waals surface area contributed by atoms with Crippen LogP contribution in [-0.4, -0.2) is 64.1 Å². The van der Waals surface area contributed by atoms with Crippen LogP contribution >= 0.6 is 0 Å². The maximum Gasteiger partial charge on any atom is 0.0628 e. The summed E-state index contributed by atoms with van der Waals surface area (Å²) in [6, 6.07) is 0.942. The third-order valence-electron chi connectivity index (χ3n) is 2.74. The van der Waals surface area contributed by atoms with Crippen LogP contribution < -0.4 is 5.32 Å². The van der Waals surface area contributed by atoms with Gasteiger partial charge in [0.15, 0.2) is 0 Å². The van der Waals surface area contributed by atoms with E-state index in [1.54, 1.807) is 7.11 Å². The molecule has 2 unspecified atom stereocenters. The highest BCUT2D eigenvalue weighted by Gasteiger charge is 2.21. The molecule has 0 bridgehead atoms. The Morgan fingerprint density at radius 1 is 1.64 bits per heavy atom. The first-order valence-corrected chi connectivity index (χ1v) is 5.26. The number of hydrogen-bond acceptors (Lipinski definition) is 4. The van der Waals surface area contributed by atoms with Gasteiger partial charge in [0.05, 0.1) is 19.8 Å². The highest BCUT2D eigenvalue weighted by atomic mass is 16.5. The van der Waals surface area contributed by atoms with Crippen molar-refractivity contribution in [2.75, 3.05) is 47.1 Å². The maximum absolute atomic E-state index is 5.39. The van der Waals surface area contributed by atoms with Crippen molar-refractivity contribution in [2.45, 2.75) is 19.0 Å². The normalized spacial score (nSPS) is 26.4. The second-order valence-electron chi connectivity index (χ2n) is 3.86. The molecular weight excluding hydrogens is 180 g/mol. The molecule has 14 heavy (non-hydrogen) atoms. The molecular formula is C10H22N2O2. The lowest BCUT2D eigenvalue weighted by Crippen LogP contribution is -2.50. The van der Waals surface area contributed by atoms with Crippen molar-refractivity contribution >= 4 is 0 Å². The van der Waals surface area contributed by atoms with Crippen LogP contribution in [0.15, 0.2) is 0 Å². The number of rotatable bonds is 5. The minimum Gasteiger partial charge on any atom is -0.383 e. The predicted octanol–water partition coefficient (Wildman–Crippen LogP) is -0.0585. The lowest BCUT2D eigenvalue weighted by Gasteiger charge is -2.35. The average Bonchev–Trinajstić information content (AvgIpc) is 2.20. The maximum atomic E-state index is 5.39. The monoisotopic (exact) mass is 202 g/mol. The van der Waals surface area contributed by atoms with Crippen molar-refractivity contribution in [2.24, 2.45) is 0 Å². The second kappa shape index (κ2) is 6.35. The summed E-state index contributed by atoms with van der Waals surface area (Å²) in [5, 5.41) is 3.26. The summed E-state index contributed by atoms with van der Waals surface area (Å²) in [5.41, 5.74) is 0. The zero-order valence-corrected chi connectivity index (χ0v) is 9.45. The second-order valence-corrected chi connectivity index (χ2v) is 3.86. The molecule has 1 fully saturated rings. The summed E-state index contributed by atoms with van der Waals surface area (Å²) >= 11 is 0. The van der Waals surface area contributed by atoms with Gasteiger partial charge in [-0.25, -0.2) is 0 Å². The molecule has 2 atom stereocenters. The van der Waals surface area contributed by atoms with Crippen molar-refractivity contribution in [3.8, 4) is 0 Å². The topological polar surface area (TPSA) is 33.7 Å². The van der Waals surface area contributed by atoms with Crippen LogP contribution in [0.3, 0.4) is 0 Å². The lowest BCUT2D eigenvalue weighted by molar-refractivity contribution is -0.00815. The first kappa shape index (κ1) is 11.9. The van der Waals surface area contributed by atoms with E-state index in [-0.39, 0.29) is 0 Å². The van der Waals surface area contributed by atoms with E-state index in [1.165, 1.54) is 0 Å². The predicted molar refractivity (Wildman–Crippen MR) is 56.6 cm³/mol. The van der Waals surface area contributed by atoms with Gasteiger partial charge < -0.3 is 14.8 Å². The molecule has 0 aliphatic carbocycles. The van der Waals surface area contributed by atoms with Crippen LogP contribution in [0.2, 0.25) is 0 Å². The number of nitrogens with one attached hydrogen (secondary N) is 1. The van der Waals surface area contributed by atoms with Crippen LogP contribution in [0.25, 0.3) is 0 Å². The smallest absolute Gasteiger partial charge is 0.0628 e. The molecule has 1 N–H and O–H groups in total. The number of hydrogen-bond donors (Lipinski definition) is 1. The Morgan fingerprint density at radius 3 is 3.00 bits per heavy atom. The van der Waals surface area contributed by atoms with Gasteiger partial charge in [-0.1, -0.05) is 0 Å². The van der Waals surface area contributed by atoms with E-state index in [9.17, 15) is 0 Å². The molecule has 0 aromatic heterocycles. The van der Waals surface area contributed by atoms with Gasteiger partial charge in [-0.15, -0.1) is 0 Å². The number of nitrogens with zero attached hydrogens (tertiary/aromatic N) is 1. The molecule has 4 nitrogen and oxygen atoms in total. The molecule has 0 amide bonds. The Morgan fingerprint density at radius 2 is 2.43 bits per heavy atom. The van der Waals surface area contributed by atoms with E-state index in [0.29, 0.717) is 12.1 Å². The van der Waals surface area contributed by atoms with Gasteiger partial charge >= 0.3 is 0 Å². The fourth-order valence-corrected chi connectivity index (χ4v) is 1.74. The van der Waals surface area contributed by atoms with E-state index >= 15 is 0 Å². The molecule has 1 aliphatic rings. The SMILES string of the molecule is CNC(COC)CN1CCOCC1C. The Bertz CT molecular complexity index is 155. The summed E-state index contributed by atoms with van der Waals surface area (Å²) in [6.07, 6.45) is 0. The third-order valence-corrected chi connectivity index (χ3v) is 2.74. The van der Waals surface area contributed by atoms with Crippen molar-refractivity contribution in [1.29, 1.82) is 0 Å². The molecule has 0 aromatic carbocycles. The molecule has 84 valence electrons. The van der Waals surface area contributed by atoms with Gasteiger partial charge in [0.25, 0.3) is 0 Å². The van der Waals surface area contributed by atoms with E-state index in [0.717, 1.165) is 32.9 Å². The average molecular weight is 202 g/mol. The summed E-state index contributed by atoms with van der Waals surface area (Å²) in [5.74, 6) is 0. The van der Waals surface area contributed by atoms with Crippen LogP contribution in [0.1, 0.15) is 6.92 Å². The highest BCUT2D eigenvalue weighted by Crippen LogP contribution is 2.06. The molecule has 1 heterocycles. The lowest BCUT2D eigenvalue weighted by atomic mass is 10.2. The van der Waals surface area contributed by atoms with Gasteiger partial charge in [-0.2, -0.15) is 0 Å². The Balaban J connectivity index is 2.31. The molecule has 0 radical (unpaired) electrons. The summed E-state index contributed by atoms with van der Waals surface area (Å²) in [4.78, 5) is 2.45. The number of methoxy groups -OCH3 is 1. The van der Waals surface area contributed by atoms with Crippen LogP contribution in [0.4, 0.5) is 0 Å². The molecule has 1 aliphatic heterocycles. The van der Waals surface area contributed by atoms with E-state index in [4.69, 9.17) is 9.47 Å². The number of morpholine rings is 1. The van der Waals surface area contributed by atoms with Gasteiger partial charge in [0, 0.05) is 32.3 Å². The van der Waals surface area contributed by atoms with Crippen molar-refractivity contribution < 1.29 is 9.47 Å². The minimum absolute atomic E-state index is 0.417. The summed E-state index contributed by atoms with van der Waals surface area (Å²) in [7, 11) is 3.72. The largest absolute Gasteiger partial charge is 0.383 e.